The number of halogens is 1. The van der Waals surface area contributed by atoms with Gasteiger partial charge in [-0.3, -0.25) is 9.59 Å². The van der Waals surface area contributed by atoms with Gasteiger partial charge in [0.15, 0.2) is 0 Å². The van der Waals surface area contributed by atoms with Gasteiger partial charge in [0.25, 0.3) is 0 Å². The van der Waals surface area contributed by atoms with Crippen LogP contribution in [0.4, 0.5) is 0 Å². The fraction of sp³-hybridized carbons (Fsp3) is 0.750. The molecular formula is C8H15ClN2O2. The number of carbonyl (C=O) groups is 2. The lowest BCUT2D eigenvalue weighted by molar-refractivity contribution is -0.126. The summed E-state index contributed by atoms with van der Waals surface area (Å²) in [6.45, 7) is 5.09. The summed E-state index contributed by atoms with van der Waals surface area (Å²) in [4.78, 5) is 21.9. The van der Waals surface area contributed by atoms with Gasteiger partial charge in [0.2, 0.25) is 11.8 Å². The molecule has 76 valence electrons. The van der Waals surface area contributed by atoms with Crippen molar-refractivity contribution in [2.24, 2.45) is 11.1 Å². The van der Waals surface area contributed by atoms with Crippen molar-refractivity contribution in [3.05, 3.63) is 0 Å². The lowest BCUT2D eigenvalue weighted by Gasteiger charge is -2.20. The summed E-state index contributed by atoms with van der Waals surface area (Å²) in [5.41, 5.74) is 4.37. The highest BCUT2D eigenvalue weighted by molar-refractivity contribution is 6.30. The zero-order valence-corrected chi connectivity index (χ0v) is 8.81. The Labute approximate surface area is 82.8 Å². The fourth-order valence-electron chi connectivity index (χ4n) is 0.536. The van der Waals surface area contributed by atoms with E-state index in [4.69, 9.17) is 17.3 Å². The predicted octanol–water partition coefficient (Wildman–Crippen LogP) is 0.241. The second-order valence-corrected chi connectivity index (χ2v) is 4.24. The van der Waals surface area contributed by atoms with Crippen LogP contribution < -0.4 is 11.1 Å². The van der Waals surface area contributed by atoms with Crippen molar-refractivity contribution in [1.29, 1.82) is 0 Å². The molecule has 13 heavy (non-hydrogen) atoms. The van der Waals surface area contributed by atoms with Crippen molar-refractivity contribution < 1.29 is 9.59 Å². The highest BCUT2D eigenvalue weighted by Gasteiger charge is 2.25. The van der Waals surface area contributed by atoms with Crippen molar-refractivity contribution in [2.45, 2.75) is 26.1 Å². The molecule has 0 aromatic rings. The van der Waals surface area contributed by atoms with Gasteiger partial charge in [-0.1, -0.05) is 0 Å². The van der Waals surface area contributed by atoms with Crippen LogP contribution in [0.3, 0.4) is 0 Å². The van der Waals surface area contributed by atoms with Gasteiger partial charge in [-0.25, -0.2) is 0 Å². The van der Waals surface area contributed by atoms with Crippen molar-refractivity contribution in [1.82, 2.24) is 5.32 Å². The van der Waals surface area contributed by atoms with E-state index in [1.165, 1.54) is 0 Å². The van der Waals surface area contributed by atoms with E-state index < -0.39 is 16.7 Å². The van der Waals surface area contributed by atoms with Gasteiger partial charge in [0.1, 0.15) is 5.38 Å². The van der Waals surface area contributed by atoms with Crippen LogP contribution in [0.1, 0.15) is 20.8 Å². The first-order chi connectivity index (χ1) is 5.77. The van der Waals surface area contributed by atoms with Crippen LogP contribution in [0.2, 0.25) is 0 Å². The van der Waals surface area contributed by atoms with Crippen LogP contribution >= 0.6 is 11.6 Å². The molecule has 0 spiro atoms. The number of carbonyl (C=O) groups excluding carboxylic acids is 2. The molecule has 4 nitrogen and oxygen atoms in total. The van der Waals surface area contributed by atoms with Crippen molar-refractivity contribution in [3.8, 4) is 0 Å². The fourth-order valence-corrected chi connectivity index (χ4v) is 0.613. The standard InChI is InChI=1S/C8H15ClN2O2/c1-5(9)6(12)11-4-8(2,3)7(10)13/h5H,4H2,1-3H3,(H2,10,13)(H,11,12). The summed E-state index contributed by atoms with van der Waals surface area (Å²) >= 11 is 5.51. The molecule has 0 aliphatic heterocycles. The van der Waals surface area contributed by atoms with E-state index in [0.29, 0.717) is 0 Å². The lowest BCUT2D eigenvalue weighted by Crippen LogP contribution is -2.43. The molecule has 0 aliphatic rings. The number of nitrogens with one attached hydrogen (secondary N) is 1. The average Bonchev–Trinajstić information content (AvgIpc) is 1.99. The highest BCUT2D eigenvalue weighted by Crippen LogP contribution is 2.11. The minimum absolute atomic E-state index is 0.207. The molecule has 0 radical (unpaired) electrons. The van der Waals surface area contributed by atoms with Gasteiger partial charge < -0.3 is 11.1 Å². The normalized spacial score (nSPS) is 13.5. The number of hydrogen-bond donors (Lipinski definition) is 2. The van der Waals surface area contributed by atoms with Crippen LogP contribution in [0, 0.1) is 5.41 Å². The predicted molar refractivity (Wildman–Crippen MR) is 51.3 cm³/mol. The average molecular weight is 207 g/mol. The van der Waals surface area contributed by atoms with E-state index in [1.807, 2.05) is 0 Å². The molecule has 0 saturated heterocycles. The Hall–Kier alpha value is -0.770. The topological polar surface area (TPSA) is 72.2 Å². The lowest BCUT2D eigenvalue weighted by atomic mass is 9.93. The minimum atomic E-state index is -0.735. The summed E-state index contributed by atoms with van der Waals surface area (Å²) in [5.74, 6) is -0.744. The van der Waals surface area contributed by atoms with Crippen LogP contribution in [0.5, 0.6) is 0 Å². The smallest absolute Gasteiger partial charge is 0.237 e. The summed E-state index contributed by atoms with van der Waals surface area (Å²) in [5, 5.41) is 1.94. The highest BCUT2D eigenvalue weighted by atomic mass is 35.5. The zero-order valence-electron chi connectivity index (χ0n) is 8.06. The Balaban J connectivity index is 4.03. The number of nitrogens with two attached hydrogens (primary N) is 1. The van der Waals surface area contributed by atoms with E-state index in [1.54, 1.807) is 20.8 Å². The maximum atomic E-state index is 11.0. The second-order valence-electron chi connectivity index (χ2n) is 3.58. The minimum Gasteiger partial charge on any atom is -0.369 e. The summed E-state index contributed by atoms with van der Waals surface area (Å²) < 4.78 is 0. The first-order valence-electron chi connectivity index (χ1n) is 3.99. The van der Waals surface area contributed by atoms with E-state index in [-0.39, 0.29) is 12.5 Å². The monoisotopic (exact) mass is 206 g/mol. The SMILES string of the molecule is CC(Cl)C(=O)NCC(C)(C)C(N)=O. The summed E-state index contributed by atoms with van der Waals surface area (Å²) in [6, 6.07) is 0. The van der Waals surface area contributed by atoms with E-state index in [2.05, 4.69) is 5.32 Å². The molecule has 3 N–H and O–H groups in total. The molecule has 0 saturated carbocycles. The van der Waals surface area contributed by atoms with Crippen LogP contribution in [0.25, 0.3) is 0 Å². The molecule has 0 rings (SSSR count). The van der Waals surface area contributed by atoms with Gasteiger partial charge in [0.05, 0.1) is 5.41 Å². The Bertz CT molecular complexity index is 214. The molecule has 5 heteroatoms. The number of primary amides is 1. The Morgan fingerprint density at radius 2 is 2.00 bits per heavy atom. The van der Waals surface area contributed by atoms with Crippen LogP contribution in [0.15, 0.2) is 0 Å². The van der Waals surface area contributed by atoms with E-state index in [9.17, 15) is 9.59 Å². The van der Waals surface area contributed by atoms with Gasteiger partial charge in [-0.15, -0.1) is 11.6 Å². The molecular weight excluding hydrogens is 192 g/mol. The van der Waals surface area contributed by atoms with Crippen LogP contribution in [-0.2, 0) is 9.59 Å². The molecule has 0 bridgehead atoms. The summed E-state index contributed by atoms with van der Waals surface area (Å²) in [6.07, 6.45) is 0. The molecule has 1 atom stereocenters. The third-order valence-electron chi connectivity index (χ3n) is 1.73. The summed E-state index contributed by atoms with van der Waals surface area (Å²) in [7, 11) is 0. The molecule has 0 fully saturated rings. The molecule has 0 aromatic heterocycles. The zero-order chi connectivity index (χ0) is 10.6. The third kappa shape index (κ3) is 4.12. The molecule has 1 unspecified atom stereocenters. The van der Waals surface area contributed by atoms with Gasteiger partial charge >= 0.3 is 0 Å². The Kier molecular flexibility index (Phi) is 4.20. The van der Waals surface area contributed by atoms with Crippen molar-refractivity contribution in [2.75, 3.05) is 6.54 Å². The number of hydrogen-bond acceptors (Lipinski definition) is 2. The Morgan fingerprint density at radius 3 is 2.31 bits per heavy atom. The third-order valence-corrected chi connectivity index (χ3v) is 1.93. The number of rotatable bonds is 4. The van der Waals surface area contributed by atoms with Gasteiger partial charge in [0, 0.05) is 6.54 Å². The number of alkyl halides is 1. The van der Waals surface area contributed by atoms with Gasteiger partial charge in [-0.05, 0) is 20.8 Å². The maximum Gasteiger partial charge on any atom is 0.237 e. The van der Waals surface area contributed by atoms with Crippen molar-refractivity contribution in [3.63, 3.8) is 0 Å². The largest absolute Gasteiger partial charge is 0.369 e. The van der Waals surface area contributed by atoms with E-state index in [0.717, 1.165) is 0 Å². The second kappa shape index (κ2) is 4.46. The molecule has 0 aromatic carbocycles. The maximum absolute atomic E-state index is 11.0. The molecule has 2 amide bonds. The number of amides is 2. The van der Waals surface area contributed by atoms with E-state index >= 15 is 0 Å². The van der Waals surface area contributed by atoms with Crippen molar-refractivity contribution >= 4 is 23.4 Å². The molecule has 0 heterocycles. The quantitative estimate of drug-likeness (QED) is 0.647. The van der Waals surface area contributed by atoms with Crippen LogP contribution in [-0.4, -0.2) is 23.7 Å². The molecule has 0 aliphatic carbocycles. The Morgan fingerprint density at radius 1 is 1.54 bits per heavy atom. The van der Waals surface area contributed by atoms with Gasteiger partial charge in [-0.2, -0.15) is 0 Å². The first kappa shape index (κ1) is 12.2. The first-order valence-corrected chi connectivity index (χ1v) is 4.42.